The predicted octanol–water partition coefficient (Wildman–Crippen LogP) is 2.93. The summed E-state index contributed by atoms with van der Waals surface area (Å²) in [5.41, 5.74) is 3.33. The minimum absolute atomic E-state index is 0.130. The second kappa shape index (κ2) is 14.8. The number of ether oxygens (including phenoxy) is 1. The molecule has 0 radical (unpaired) electrons. The van der Waals surface area contributed by atoms with E-state index in [4.69, 9.17) is 4.74 Å². The van der Waals surface area contributed by atoms with E-state index in [1.54, 1.807) is 31.2 Å². The van der Waals surface area contributed by atoms with Crippen LogP contribution in [-0.2, 0) is 19.1 Å². The maximum absolute atomic E-state index is 13.5. The van der Waals surface area contributed by atoms with Crippen LogP contribution in [0.2, 0.25) is 0 Å². The Labute approximate surface area is 258 Å². The summed E-state index contributed by atoms with van der Waals surface area (Å²) in [6.07, 6.45) is -0.166. The maximum atomic E-state index is 13.5. The largest absolute Gasteiger partial charge is 0.462 e. The van der Waals surface area contributed by atoms with Gasteiger partial charge in [0.25, 0.3) is 0 Å². The highest BCUT2D eigenvalue weighted by atomic mass is 16.5. The van der Waals surface area contributed by atoms with E-state index in [-0.39, 0.29) is 37.4 Å². The Balaban J connectivity index is 1.17. The van der Waals surface area contributed by atoms with Crippen molar-refractivity contribution in [2.24, 2.45) is 0 Å². The van der Waals surface area contributed by atoms with Crippen LogP contribution in [0.1, 0.15) is 40.9 Å². The summed E-state index contributed by atoms with van der Waals surface area (Å²) in [5, 5.41) is 5.55. The lowest BCUT2D eigenvalue weighted by Gasteiger charge is -2.41. The number of anilines is 1. The number of nitrogens with one attached hydrogen (secondary N) is 2. The van der Waals surface area contributed by atoms with Crippen LogP contribution in [0.4, 0.5) is 5.69 Å². The number of carbonyl (C=O) groups is 4. The number of piperazine rings is 2. The molecule has 5 rings (SSSR count). The van der Waals surface area contributed by atoms with Gasteiger partial charge in [-0.3, -0.25) is 24.2 Å². The Morgan fingerprint density at radius 1 is 0.864 bits per heavy atom. The van der Waals surface area contributed by atoms with Gasteiger partial charge in [0.15, 0.2) is 0 Å². The van der Waals surface area contributed by atoms with Crippen LogP contribution >= 0.6 is 0 Å². The molecule has 0 aliphatic carbocycles. The summed E-state index contributed by atoms with van der Waals surface area (Å²) in [6.45, 7) is 5.92. The number of carbonyl (C=O) groups excluding carboxylic acids is 4. The summed E-state index contributed by atoms with van der Waals surface area (Å²) >= 11 is 0. The second-order valence-corrected chi connectivity index (χ2v) is 11.0. The van der Waals surface area contributed by atoms with Crippen LogP contribution in [0.25, 0.3) is 0 Å². The summed E-state index contributed by atoms with van der Waals surface area (Å²) < 4.78 is 4.99. The zero-order chi connectivity index (χ0) is 30.9. The van der Waals surface area contributed by atoms with Crippen molar-refractivity contribution >= 4 is 29.4 Å². The van der Waals surface area contributed by atoms with Gasteiger partial charge in [0.2, 0.25) is 17.7 Å². The highest BCUT2D eigenvalue weighted by molar-refractivity contribution is 5.98. The Morgan fingerprint density at radius 2 is 1.48 bits per heavy atom. The molecule has 2 fully saturated rings. The zero-order valence-electron chi connectivity index (χ0n) is 25.0. The molecule has 3 aromatic rings. The molecular weight excluding hydrogens is 558 g/mol. The summed E-state index contributed by atoms with van der Waals surface area (Å²) in [4.78, 5) is 57.2. The molecular formula is C34H39N5O5. The molecule has 2 N–H and O–H groups in total. The monoisotopic (exact) mass is 597 g/mol. The zero-order valence-corrected chi connectivity index (χ0v) is 25.0. The molecule has 2 aliphatic heterocycles. The van der Waals surface area contributed by atoms with Crippen LogP contribution in [0.3, 0.4) is 0 Å². The first kappa shape index (κ1) is 30.9. The van der Waals surface area contributed by atoms with E-state index in [9.17, 15) is 19.2 Å². The third-order valence-corrected chi connectivity index (χ3v) is 8.07. The molecule has 10 heteroatoms. The SMILES string of the molecule is CCOC(=O)c1ccc(NC(=O)C[C@H]2C(=O)NCCN2C(=O)CN2CCN(C(c3ccccc3)c3ccccc3)CC2)cc1. The number of benzene rings is 3. The normalized spacial score (nSPS) is 17.6. The lowest BCUT2D eigenvalue weighted by atomic mass is 9.96. The van der Waals surface area contributed by atoms with Crippen molar-refractivity contribution in [3.05, 3.63) is 102 Å². The fourth-order valence-electron chi connectivity index (χ4n) is 5.85. The molecule has 44 heavy (non-hydrogen) atoms. The lowest BCUT2D eigenvalue weighted by molar-refractivity contribution is -0.145. The fraction of sp³-hybridized carbons (Fsp3) is 0.353. The molecule has 0 spiro atoms. The molecule has 3 aromatic carbocycles. The molecule has 0 saturated carbocycles. The standard InChI is InChI=1S/C34H39N5O5/c1-2-44-34(43)27-13-15-28(16-14-27)36-30(40)23-29-33(42)35-17-18-39(29)31(41)24-37-19-21-38(22-20-37)32(25-9-5-3-6-10-25)26-11-7-4-8-12-26/h3-16,29,32H,2,17-24H2,1H3,(H,35,42)(H,36,40)/t29-/m0/s1. The molecule has 1 atom stereocenters. The molecule has 2 saturated heterocycles. The minimum atomic E-state index is -0.892. The van der Waals surface area contributed by atoms with E-state index in [2.05, 4.69) is 69.0 Å². The average molecular weight is 598 g/mol. The number of nitrogens with zero attached hydrogens (tertiary/aromatic N) is 3. The minimum Gasteiger partial charge on any atom is -0.462 e. The van der Waals surface area contributed by atoms with Gasteiger partial charge in [0.1, 0.15) is 6.04 Å². The van der Waals surface area contributed by atoms with Gasteiger partial charge >= 0.3 is 5.97 Å². The van der Waals surface area contributed by atoms with Gasteiger partial charge in [0, 0.05) is 45.0 Å². The van der Waals surface area contributed by atoms with Crippen molar-refractivity contribution in [2.45, 2.75) is 25.4 Å². The first-order chi connectivity index (χ1) is 21.4. The Bertz CT molecular complexity index is 1390. The van der Waals surface area contributed by atoms with E-state index < -0.39 is 17.9 Å². The van der Waals surface area contributed by atoms with Gasteiger partial charge in [-0.15, -0.1) is 0 Å². The number of hydrogen-bond acceptors (Lipinski definition) is 7. The van der Waals surface area contributed by atoms with Gasteiger partial charge in [-0.05, 0) is 42.3 Å². The van der Waals surface area contributed by atoms with Crippen LogP contribution in [0.5, 0.6) is 0 Å². The maximum Gasteiger partial charge on any atom is 0.338 e. The van der Waals surface area contributed by atoms with Crippen molar-refractivity contribution in [1.82, 2.24) is 20.0 Å². The van der Waals surface area contributed by atoms with Gasteiger partial charge in [0.05, 0.1) is 31.2 Å². The fourth-order valence-corrected chi connectivity index (χ4v) is 5.85. The number of hydrogen-bond donors (Lipinski definition) is 2. The van der Waals surface area contributed by atoms with Crippen LogP contribution < -0.4 is 10.6 Å². The molecule has 0 unspecified atom stereocenters. The van der Waals surface area contributed by atoms with E-state index >= 15 is 0 Å². The van der Waals surface area contributed by atoms with Crippen molar-refractivity contribution in [2.75, 3.05) is 57.7 Å². The van der Waals surface area contributed by atoms with Crippen LogP contribution in [0, 0.1) is 0 Å². The molecule has 2 heterocycles. The topological polar surface area (TPSA) is 111 Å². The Morgan fingerprint density at radius 3 is 2.07 bits per heavy atom. The van der Waals surface area contributed by atoms with Gasteiger partial charge in [-0.1, -0.05) is 60.7 Å². The van der Waals surface area contributed by atoms with Crippen LogP contribution in [0.15, 0.2) is 84.9 Å². The quantitative estimate of drug-likeness (QED) is 0.346. The number of amides is 3. The highest BCUT2D eigenvalue weighted by Gasteiger charge is 2.36. The number of esters is 1. The smallest absolute Gasteiger partial charge is 0.338 e. The third kappa shape index (κ3) is 7.69. The van der Waals surface area contributed by atoms with Crippen molar-refractivity contribution in [3.8, 4) is 0 Å². The van der Waals surface area contributed by atoms with Gasteiger partial charge in [-0.2, -0.15) is 0 Å². The van der Waals surface area contributed by atoms with E-state index in [0.717, 1.165) is 26.2 Å². The average Bonchev–Trinajstić information content (AvgIpc) is 3.04. The highest BCUT2D eigenvalue weighted by Crippen LogP contribution is 2.29. The predicted molar refractivity (Wildman–Crippen MR) is 167 cm³/mol. The summed E-state index contributed by atoms with van der Waals surface area (Å²) in [6, 6.07) is 26.5. The van der Waals surface area contributed by atoms with Crippen LogP contribution in [-0.4, -0.2) is 96.9 Å². The molecule has 0 bridgehead atoms. The molecule has 10 nitrogen and oxygen atoms in total. The Hall–Kier alpha value is -4.54. The molecule has 230 valence electrons. The van der Waals surface area contributed by atoms with Crippen molar-refractivity contribution < 1.29 is 23.9 Å². The number of rotatable bonds is 10. The summed E-state index contributed by atoms with van der Waals surface area (Å²) in [7, 11) is 0. The lowest BCUT2D eigenvalue weighted by Crippen LogP contribution is -2.60. The first-order valence-electron chi connectivity index (χ1n) is 15.1. The van der Waals surface area contributed by atoms with E-state index in [1.165, 1.54) is 16.0 Å². The molecule has 3 amide bonds. The molecule has 2 aliphatic rings. The van der Waals surface area contributed by atoms with Crippen molar-refractivity contribution in [1.29, 1.82) is 0 Å². The van der Waals surface area contributed by atoms with Gasteiger partial charge < -0.3 is 20.3 Å². The van der Waals surface area contributed by atoms with E-state index in [0.29, 0.717) is 24.3 Å². The second-order valence-electron chi connectivity index (χ2n) is 11.0. The van der Waals surface area contributed by atoms with Crippen molar-refractivity contribution in [3.63, 3.8) is 0 Å². The summed E-state index contributed by atoms with van der Waals surface area (Å²) in [5.74, 6) is -1.33. The van der Waals surface area contributed by atoms with Gasteiger partial charge in [-0.25, -0.2) is 4.79 Å². The molecule has 0 aromatic heterocycles. The van der Waals surface area contributed by atoms with E-state index in [1.807, 2.05) is 12.1 Å². The first-order valence-corrected chi connectivity index (χ1v) is 15.1. The third-order valence-electron chi connectivity index (χ3n) is 8.07. The Kier molecular flexibility index (Phi) is 10.4.